The number of esters is 3. The number of nitrogens with two attached hydrogens (primary N) is 2. The molecule has 2 unspecified atom stereocenters. The van der Waals surface area contributed by atoms with Crippen molar-refractivity contribution >= 4 is 160 Å². The zero-order chi connectivity index (χ0) is 58.4. The van der Waals surface area contributed by atoms with Crippen LogP contribution in [0, 0.1) is 11.8 Å². The normalized spacial score (nSPS) is 13.4. The van der Waals surface area contributed by atoms with Crippen LogP contribution in [-0.2, 0) is 126 Å². The molecule has 2 atom stereocenters. The summed E-state index contributed by atoms with van der Waals surface area (Å²) in [6, 6.07) is 0. The van der Waals surface area contributed by atoms with Crippen molar-refractivity contribution in [1.82, 2.24) is 20.4 Å². The minimum Gasteiger partial charge on any atom is -0.460 e. The van der Waals surface area contributed by atoms with E-state index in [1.165, 1.54) is 24.3 Å². The number of rotatable bonds is 27. The minimum atomic E-state index is -0.610. The van der Waals surface area contributed by atoms with Crippen LogP contribution in [0.2, 0.25) is 0 Å². The van der Waals surface area contributed by atoms with Gasteiger partial charge in [-0.3, -0.25) is 62.5 Å². The summed E-state index contributed by atoms with van der Waals surface area (Å²) in [6.07, 6.45) is 9.26. The molecule has 30 heteroatoms. The van der Waals surface area contributed by atoms with Gasteiger partial charge in [-0.2, -0.15) is 0 Å². The third-order valence-electron chi connectivity index (χ3n) is 8.75. The van der Waals surface area contributed by atoms with Crippen molar-refractivity contribution < 1.29 is 67.0 Å². The molecule has 0 aromatic heterocycles. The second-order valence-electron chi connectivity index (χ2n) is 18.7. The fourth-order valence-electron chi connectivity index (χ4n) is 5.59. The van der Waals surface area contributed by atoms with Gasteiger partial charge in [0.05, 0.1) is 26.1 Å². The van der Waals surface area contributed by atoms with Crippen LogP contribution in [0.15, 0.2) is 24.3 Å². The quantitative estimate of drug-likeness (QED) is 0.0212. The van der Waals surface area contributed by atoms with E-state index in [-0.39, 0.29) is 108 Å². The van der Waals surface area contributed by atoms with E-state index >= 15 is 0 Å². The summed E-state index contributed by atoms with van der Waals surface area (Å²) in [5.74, 6) is -4.17. The lowest BCUT2D eigenvalue weighted by atomic mass is 9.99. The molecule has 20 nitrogen and oxygen atoms in total. The van der Waals surface area contributed by atoms with Crippen LogP contribution in [-0.4, -0.2) is 136 Å². The monoisotopic (exact) mass is 1270 g/mol. The predicted octanol–water partition coefficient (Wildman–Crippen LogP) is 6.98. The Kier molecular flexibility index (Phi) is 50.0. The van der Waals surface area contributed by atoms with E-state index in [2.05, 4.69) is 57.9 Å². The molecule has 2 aliphatic heterocycles. The fraction of sp³-hybridized carbons (Fsp3) is 0.681. The first-order valence-electron chi connectivity index (χ1n) is 23.2. The van der Waals surface area contributed by atoms with E-state index in [1.807, 2.05) is 41.5 Å². The molecule has 0 radical (unpaired) electrons. The highest BCUT2D eigenvalue weighted by atomic mass is 32.7. The summed E-state index contributed by atoms with van der Waals surface area (Å²) in [5.41, 5.74) is 9.06. The third kappa shape index (κ3) is 48.4. The van der Waals surface area contributed by atoms with Gasteiger partial charge in [-0.15, -0.1) is 0 Å². The number of carbonyl (C=O) groups is 11. The number of ether oxygens (including phenoxy) is 3. The molecule has 0 aromatic rings. The van der Waals surface area contributed by atoms with Crippen LogP contribution >= 0.6 is 36.2 Å². The molecule has 0 bridgehead atoms. The second-order valence-corrected chi connectivity index (χ2v) is 26.8. The van der Waals surface area contributed by atoms with Gasteiger partial charge in [0, 0.05) is 95.8 Å². The molecule has 0 aromatic carbocycles. The average Bonchev–Trinajstić information content (AvgIpc) is 3.80. The Morgan fingerprint density at radius 2 is 0.883 bits per heavy atom. The minimum absolute atomic E-state index is 0. The number of imide groups is 2. The van der Waals surface area contributed by atoms with Crippen molar-refractivity contribution in [2.75, 3.05) is 45.0 Å². The molecule has 0 fully saturated rings. The van der Waals surface area contributed by atoms with E-state index < -0.39 is 47.0 Å². The van der Waals surface area contributed by atoms with Crippen LogP contribution in [0.4, 0.5) is 0 Å². The first kappa shape index (κ1) is 82.6. The van der Waals surface area contributed by atoms with Gasteiger partial charge in [0.1, 0.15) is 16.8 Å². The van der Waals surface area contributed by atoms with Crippen molar-refractivity contribution in [2.45, 2.75) is 152 Å². The SMILES string of the molecule is C.C.CC(C)(C)OC(=O)CC(CCCCNC(=O)CCN1C(=O)C=CC1=O)C(=O)P=S.CC(C)(C)OC(=O)CP=S.CC(C)(C)OC(=O)CP=S.NCC(CCCCNC(=O)CCN1C(=O)C=CC1=O)C(N)=O.S=PP=S. The van der Waals surface area contributed by atoms with Crippen LogP contribution in [0.5, 0.6) is 0 Å². The number of amides is 7. The first-order valence-corrected chi connectivity index (χ1v) is 33.8. The standard InChI is InChI=1S/C19H27N2O6PS.C14H22N4O4.2C6H11O2PS.2CH4.P2S2/c1-19(2,3)27-17(25)12-13(18(26)28-29)6-4-5-10-20-14(22)9-11-21-15(23)7-8-16(21)24;15-9-10(14(16)22)3-1-2-7-17-11(19)6-8-18-12(20)4-5-13(18)21;2*1-6(2,3)8-5(7)4-9-10;;;3-1-2-4/h7-8,13H,4-6,9-12H2,1-3H3,(H,20,22);4-5,10H,1-3,6-9,15H2,(H2,16,22)(H,17,19);2*4H2,1-3H3;2*1H4;. The fourth-order valence-corrected chi connectivity index (χ4v) is 7.38. The molecule has 436 valence electrons. The lowest BCUT2D eigenvalue weighted by molar-refractivity contribution is -0.157. The summed E-state index contributed by atoms with van der Waals surface area (Å²) in [6.45, 7) is 17.5. The molecule has 2 rings (SSSR count). The van der Waals surface area contributed by atoms with Gasteiger partial charge in [-0.1, -0.05) is 51.3 Å². The summed E-state index contributed by atoms with van der Waals surface area (Å²) in [4.78, 5) is 127. The number of nitrogens with one attached hydrogen (secondary N) is 2. The Labute approximate surface area is 488 Å². The van der Waals surface area contributed by atoms with Gasteiger partial charge in [-0.25, -0.2) is 0 Å². The highest BCUT2D eigenvalue weighted by Gasteiger charge is 2.26. The highest BCUT2D eigenvalue weighted by Crippen LogP contribution is 2.22. The summed E-state index contributed by atoms with van der Waals surface area (Å²) in [5, 5.41) is 5.42. The zero-order valence-corrected chi connectivity index (χ0v) is 52.4. The van der Waals surface area contributed by atoms with Crippen molar-refractivity contribution in [1.29, 1.82) is 0 Å². The number of carbonyl (C=O) groups excluding carboxylic acids is 11. The average molecular weight is 1270 g/mol. The molecular formula is C47H79N6O14P5S5. The molecule has 6 N–H and O–H groups in total. The van der Waals surface area contributed by atoms with E-state index in [0.717, 1.165) is 30.3 Å². The maximum absolute atomic E-state index is 12.0. The van der Waals surface area contributed by atoms with Gasteiger partial charge in [-0.05, 0) is 138 Å². The summed E-state index contributed by atoms with van der Waals surface area (Å²) < 4.78 is 15.2. The molecule has 0 spiro atoms. The second kappa shape index (κ2) is 46.5. The molecule has 0 saturated carbocycles. The maximum Gasteiger partial charge on any atom is 0.315 e. The molecular weight excluding hydrogens is 1190 g/mol. The van der Waals surface area contributed by atoms with Crippen molar-refractivity contribution in [3.63, 3.8) is 0 Å². The lowest BCUT2D eigenvalue weighted by Crippen LogP contribution is -2.35. The van der Waals surface area contributed by atoms with Crippen molar-refractivity contribution in [2.24, 2.45) is 23.3 Å². The predicted molar refractivity (Wildman–Crippen MR) is 322 cm³/mol. The van der Waals surface area contributed by atoms with Gasteiger partial charge >= 0.3 is 17.9 Å². The largest absolute Gasteiger partial charge is 0.460 e. The summed E-state index contributed by atoms with van der Waals surface area (Å²) in [7, 11) is 3.22. The van der Waals surface area contributed by atoms with Crippen molar-refractivity contribution in [3.05, 3.63) is 24.3 Å². The Balaban J connectivity index is -0.000000315. The molecule has 0 aliphatic carbocycles. The molecule has 77 heavy (non-hydrogen) atoms. The molecule has 0 saturated heterocycles. The van der Waals surface area contributed by atoms with Crippen molar-refractivity contribution in [3.8, 4) is 0 Å². The number of hydrogen-bond donors (Lipinski definition) is 4. The number of unbranched alkanes of at least 4 members (excludes halogenated alkanes) is 2. The van der Waals surface area contributed by atoms with Crippen LogP contribution in [0.25, 0.3) is 0 Å². The van der Waals surface area contributed by atoms with E-state index in [1.54, 1.807) is 20.8 Å². The smallest absolute Gasteiger partial charge is 0.315 e. The van der Waals surface area contributed by atoms with Gasteiger partial charge in [0.15, 0.2) is 5.52 Å². The maximum atomic E-state index is 12.0. The molecule has 2 heterocycles. The van der Waals surface area contributed by atoms with Gasteiger partial charge in [0.25, 0.3) is 23.6 Å². The first-order chi connectivity index (χ1) is 34.8. The van der Waals surface area contributed by atoms with E-state index in [9.17, 15) is 52.7 Å². The van der Waals surface area contributed by atoms with Crippen LogP contribution in [0.3, 0.4) is 0 Å². The topological polar surface area (TPSA) is 298 Å². The lowest BCUT2D eigenvalue weighted by Gasteiger charge is -2.21. The Morgan fingerprint density at radius 3 is 1.16 bits per heavy atom. The Morgan fingerprint density at radius 1 is 0.558 bits per heavy atom. The van der Waals surface area contributed by atoms with E-state index in [0.29, 0.717) is 72.2 Å². The number of nitrogens with zero attached hydrogens (tertiary/aromatic N) is 2. The number of primary amides is 1. The van der Waals surface area contributed by atoms with E-state index in [4.69, 9.17) is 37.5 Å². The number of hydrogen-bond acceptors (Lipinski definition) is 20. The highest BCUT2D eigenvalue weighted by molar-refractivity contribution is 8.40. The Bertz CT molecular complexity index is 1990. The Hall–Kier alpha value is -3.19. The molecule has 7 amide bonds. The van der Waals surface area contributed by atoms with Gasteiger partial charge in [0.2, 0.25) is 17.7 Å². The molecule has 2 aliphatic rings. The zero-order valence-electron chi connectivity index (χ0n) is 43.8. The van der Waals surface area contributed by atoms with Gasteiger partial charge < -0.3 is 36.3 Å². The third-order valence-corrected chi connectivity index (χ3v) is 14.0. The summed E-state index contributed by atoms with van der Waals surface area (Å²) >= 11 is 22.8. The van der Waals surface area contributed by atoms with Crippen LogP contribution < -0.4 is 22.1 Å². The van der Waals surface area contributed by atoms with Crippen LogP contribution in [0.1, 0.15) is 135 Å².